The molecule has 0 radical (unpaired) electrons. The molecule has 1 aliphatic carbocycles. The van der Waals surface area contributed by atoms with E-state index in [0.29, 0.717) is 0 Å². The summed E-state index contributed by atoms with van der Waals surface area (Å²) in [6.45, 7) is 0. The largest absolute Gasteiger partial charge is 0.288 e. The molecule has 0 spiro atoms. The summed E-state index contributed by atoms with van der Waals surface area (Å²) in [5.41, 5.74) is 3.40. The van der Waals surface area contributed by atoms with E-state index in [1.54, 1.807) is 0 Å². The molecule has 4 rings (SSSR count). The third kappa shape index (κ3) is 2.64. The van der Waals surface area contributed by atoms with Crippen LogP contribution < -0.4 is 10.6 Å². The minimum Gasteiger partial charge on any atom is -0.288 e. The second-order valence-corrected chi connectivity index (χ2v) is 8.34. The van der Waals surface area contributed by atoms with Gasteiger partial charge in [-0.3, -0.25) is 4.57 Å². The van der Waals surface area contributed by atoms with E-state index in [-0.39, 0.29) is 0 Å². The molecule has 0 aromatic heterocycles. The monoisotopic (exact) mass is 331 g/mol. The van der Waals surface area contributed by atoms with Crippen LogP contribution in [-0.2, 0) is 11.0 Å². The number of rotatable bonds is 3. The van der Waals surface area contributed by atoms with Gasteiger partial charge in [-0.2, -0.15) is 0 Å². The average Bonchev–Trinajstić information content (AvgIpc) is 3.06. The van der Waals surface area contributed by atoms with E-state index in [9.17, 15) is 4.57 Å². The number of fused-ring (bicyclic) bond motifs is 1. The summed E-state index contributed by atoms with van der Waals surface area (Å²) in [5, 5.41) is 1.57. The van der Waals surface area contributed by atoms with Crippen LogP contribution in [-0.4, -0.2) is 5.71 Å². The molecule has 0 amide bonds. The van der Waals surface area contributed by atoms with E-state index in [0.717, 1.165) is 34.7 Å². The minimum absolute atomic E-state index is 0.785. The van der Waals surface area contributed by atoms with Gasteiger partial charge >= 0.3 is 0 Å². The van der Waals surface area contributed by atoms with Crippen molar-refractivity contribution >= 4 is 23.6 Å². The summed E-state index contributed by atoms with van der Waals surface area (Å²) in [4.78, 5) is 0. The minimum atomic E-state index is -3.04. The van der Waals surface area contributed by atoms with Crippen molar-refractivity contribution in [1.29, 1.82) is 0 Å². The van der Waals surface area contributed by atoms with Crippen LogP contribution >= 0.6 is 7.29 Å². The molecule has 3 heteroatoms. The van der Waals surface area contributed by atoms with E-state index < -0.39 is 7.29 Å². The zero-order valence-electron chi connectivity index (χ0n) is 13.3. The number of benzene rings is 3. The van der Waals surface area contributed by atoms with Crippen LogP contribution in [0.5, 0.6) is 0 Å². The maximum Gasteiger partial charge on any atom is 0.247 e. The highest BCUT2D eigenvalue weighted by molar-refractivity contribution is 7.77. The van der Waals surface area contributed by atoms with Crippen LogP contribution in [0.1, 0.15) is 17.5 Å². The lowest BCUT2D eigenvalue weighted by Gasteiger charge is -2.16. The molecule has 0 atom stereocenters. The number of aryl methyl sites for hydroxylation is 1. The molecule has 2 nitrogen and oxygen atoms in total. The van der Waals surface area contributed by atoms with E-state index in [2.05, 4.69) is 18.2 Å². The molecule has 0 heterocycles. The van der Waals surface area contributed by atoms with Crippen LogP contribution in [0.4, 0.5) is 0 Å². The predicted molar refractivity (Wildman–Crippen MR) is 101 cm³/mol. The third-order valence-corrected chi connectivity index (χ3v) is 6.95. The first kappa shape index (κ1) is 15.1. The summed E-state index contributed by atoms with van der Waals surface area (Å²) in [7, 11) is -3.04. The lowest BCUT2D eigenvalue weighted by Crippen LogP contribution is -2.15. The standard InChI is InChI=1S/C21H18NOP/c23-24(18-10-3-1-4-11-18,19-12-5-2-6-13-19)22-21-16-15-17-9-7-8-14-20(17)21/h1-14H,15-16H2/b22-21+. The van der Waals surface area contributed by atoms with Gasteiger partial charge in [-0.1, -0.05) is 60.7 Å². The normalized spacial score (nSPS) is 15.4. The molecule has 3 aromatic rings. The van der Waals surface area contributed by atoms with Gasteiger partial charge in [0.2, 0.25) is 7.29 Å². The Morgan fingerprint density at radius 3 is 1.83 bits per heavy atom. The van der Waals surface area contributed by atoms with E-state index in [1.165, 1.54) is 5.56 Å². The number of hydrogen-bond acceptors (Lipinski definition) is 1. The summed E-state index contributed by atoms with van der Waals surface area (Å²) >= 11 is 0. The van der Waals surface area contributed by atoms with Crippen molar-refractivity contribution in [3.8, 4) is 0 Å². The molecule has 0 saturated heterocycles. The fourth-order valence-corrected chi connectivity index (χ4v) is 5.44. The van der Waals surface area contributed by atoms with Crippen molar-refractivity contribution in [1.82, 2.24) is 0 Å². The molecule has 0 unspecified atom stereocenters. The Morgan fingerprint density at radius 1 is 0.667 bits per heavy atom. The van der Waals surface area contributed by atoms with Gasteiger partial charge in [0, 0.05) is 10.6 Å². The first-order valence-corrected chi connectivity index (χ1v) is 9.82. The van der Waals surface area contributed by atoms with E-state index in [1.807, 2.05) is 66.7 Å². The Kier molecular flexibility index (Phi) is 3.92. The first-order chi connectivity index (χ1) is 11.8. The topological polar surface area (TPSA) is 29.4 Å². The SMILES string of the molecule is O=P(/N=C1\CCc2ccccc21)(c1ccccc1)c1ccccc1. The highest BCUT2D eigenvalue weighted by Crippen LogP contribution is 2.46. The van der Waals surface area contributed by atoms with Crippen LogP contribution in [0.25, 0.3) is 0 Å². The van der Waals surface area contributed by atoms with Crippen molar-refractivity contribution < 1.29 is 4.57 Å². The fourth-order valence-electron chi connectivity index (χ4n) is 3.21. The van der Waals surface area contributed by atoms with Crippen molar-refractivity contribution in [3.63, 3.8) is 0 Å². The zero-order chi connectivity index (χ0) is 16.4. The smallest absolute Gasteiger partial charge is 0.247 e. The van der Waals surface area contributed by atoms with E-state index in [4.69, 9.17) is 4.76 Å². The van der Waals surface area contributed by atoms with Crippen LogP contribution in [0, 0.1) is 0 Å². The van der Waals surface area contributed by atoms with Crippen LogP contribution in [0.15, 0.2) is 89.7 Å². The molecule has 0 saturated carbocycles. The molecule has 0 N–H and O–H groups in total. The van der Waals surface area contributed by atoms with Crippen molar-refractivity contribution in [2.45, 2.75) is 12.8 Å². The van der Waals surface area contributed by atoms with Crippen LogP contribution in [0.3, 0.4) is 0 Å². The van der Waals surface area contributed by atoms with Gasteiger partial charge in [-0.25, -0.2) is 4.76 Å². The summed E-state index contributed by atoms with van der Waals surface area (Å²) in [6, 6.07) is 27.5. The maximum atomic E-state index is 14.0. The molecular formula is C21H18NOP. The number of nitrogens with zero attached hydrogens (tertiary/aromatic N) is 1. The second-order valence-electron chi connectivity index (χ2n) is 5.95. The average molecular weight is 331 g/mol. The lowest BCUT2D eigenvalue weighted by molar-refractivity contribution is 0.588. The van der Waals surface area contributed by atoms with Gasteiger partial charge in [-0.05, 0) is 48.2 Å². The first-order valence-electron chi connectivity index (χ1n) is 8.16. The Balaban J connectivity index is 1.90. The van der Waals surface area contributed by atoms with Crippen LogP contribution in [0.2, 0.25) is 0 Å². The summed E-state index contributed by atoms with van der Waals surface area (Å²) in [5.74, 6) is 0. The Hall–Kier alpha value is -2.44. The third-order valence-electron chi connectivity index (χ3n) is 4.43. The van der Waals surface area contributed by atoms with E-state index >= 15 is 0 Å². The molecule has 1 aliphatic rings. The van der Waals surface area contributed by atoms with Crippen molar-refractivity contribution in [2.24, 2.45) is 4.76 Å². The highest BCUT2D eigenvalue weighted by Gasteiger charge is 2.29. The number of hydrogen-bond donors (Lipinski definition) is 0. The van der Waals surface area contributed by atoms with Gasteiger partial charge < -0.3 is 0 Å². The molecule has 0 aliphatic heterocycles. The maximum absolute atomic E-state index is 14.0. The summed E-state index contributed by atoms with van der Waals surface area (Å²) in [6.07, 6.45) is 1.82. The van der Waals surface area contributed by atoms with Gasteiger partial charge in [0.25, 0.3) is 0 Å². The Labute approximate surface area is 142 Å². The van der Waals surface area contributed by atoms with Gasteiger partial charge in [0.15, 0.2) is 0 Å². The van der Waals surface area contributed by atoms with Gasteiger partial charge in [0.1, 0.15) is 0 Å². The Morgan fingerprint density at radius 2 is 1.21 bits per heavy atom. The molecular weight excluding hydrogens is 313 g/mol. The second kappa shape index (κ2) is 6.22. The highest BCUT2D eigenvalue weighted by atomic mass is 31.2. The van der Waals surface area contributed by atoms with Crippen molar-refractivity contribution in [2.75, 3.05) is 0 Å². The summed E-state index contributed by atoms with van der Waals surface area (Å²) < 4.78 is 18.9. The van der Waals surface area contributed by atoms with Gasteiger partial charge in [-0.15, -0.1) is 0 Å². The molecule has 0 fully saturated rings. The molecule has 24 heavy (non-hydrogen) atoms. The Bertz CT molecular complexity index is 889. The lowest BCUT2D eigenvalue weighted by atomic mass is 10.1. The molecule has 118 valence electrons. The van der Waals surface area contributed by atoms with Gasteiger partial charge in [0.05, 0.1) is 5.71 Å². The zero-order valence-corrected chi connectivity index (χ0v) is 14.2. The molecule has 3 aromatic carbocycles. The fraction of sp³-hybridized carbons (Fsp3) is 0.0952. The molecule has 0 bridgehead atoms. The quantitative estimate of drug-likeness (QED) is 0.656. The predicted octanol–water partition coefficient (Wildman–Crippen LogP) is 4.35. The van der Waals surface area contributed by atoms with Crippen molar-refractivity contribution in [3.05, 3.63) is 96.1 Å².